The van der Waals surface area contributed by atoms with Gasteiger partial charge in [-0.3, -0.25) is 4.98 Å². The zero-order chi connectivity index (χ0) is 13.3. The predicted molar refractivity (Wildman–Crippen MR) is 76.9 cm³/mol. The Balaban J connectivity index is 2.44. The molecule has 0 saturated carbocycles. The molecule has 1 aromatic heterocycles. The van der Waals surface area contributed by atoms with E-state index in [0.717, 1.165) is 6.54 Å². The van der Waals surface area contributed by atoms with Crippen molar-refractivity contribution in [2.45, 2.75) is 52.5 Å². The number of rotatable bonds is 2. The topological polar surface area (TPSA) is 16.1 Å². The van der Waals surface area contributed by atoms with Gasteiger partial charge in [0.25, 0.3) is 0 Å². The first-order chi connectivity index (χ1) is 8.49. The second-order valence-electron chi connectivity index (χ2n) is 6.34. The molecule has 100 valence electrons. The molecule has 2 nitrogen and oxygen atoms in total. The van der Waals surface area contributed by atoms with Crippen LogP contribution in [-0.2, 0) is 6.54 Å². The molecule has 2 heterocycles. The van der Waals surface area contributed by atoms with Crippen molar-refractivity contribution in [3.63, 3.8) is 0 Å². The number of hydrogen-bond acceptors (Lipinski definition) is 2. The van der Waals surface area contributed by atoms with Gasteiger partial charge in [0.1, 0.15) is 0 Å². The maximum atomic E-state index is 4.63. The molecule has 0 fully saturated rings. The molecule has 0 aliphatic carbocycles. The Hall–Kier alpha value is -0.890. The fourth-order valence-corrected chi connectivity index (χ4v) is 2.89. The molecule has 1 aromatic rings. The second-order valence-corrected chi connectivity index (χ2v) is 6.34. The van der Waals surface area contributed by atoms with Crippen molar-refractivity contribution >= 4 is 0 Å². The van der Waals surface area contributed by atoms with E-state index in [1.54, 1.807) is 5.56 Å². The summed E-state index contributed by atoms with van der Waals surface area (Å²) in [5.41, 5.74) is 4.22. The Bertz CT molecular complexity index is 410. The molecule has 2 heteroatoms. The first-order valence-electron chi connectivity index (χ1n) is 7.16. The number of nitrogens with zero attached hydrogens (tertiary/aromatic N) is 2. The molecule has 1 aliphatic rings. The van der Waals surface area contributed by atoms with Crippen LogP contribution in [0.4, 0.5) is 0 Å². The lowest BCUT2D eigenvalue weighted by Crippen LogP contribution is -2.17. The van der Waals surface area contributed by atoms with E-state index in [1.165, 1.54) is 24.2 Å². The SMILES string of the molecule is CC(C)c1cc2c(cn1)CN(C)CCC2C(C)C. The number of hydrogen-bond donors (Lipinski definition) is 0. The fourth-order valence-electron chi connectivity index (χ4n) is 2.89. The summed E-state index contributed by atoms with van der Waals surface area (Å²) in [6.45, 7) is 11.4. The molecule has 0 amide bonds. The third-order valence-electron chi connectivity index (χ3n) is 4.10. The molecule has 2 rings (SSSR count). The van der Waals surface area contributed by atoms with Gasteiger partial charge in [-0.15, -0.1) is 0 Å². The van der Waals surface area contributed by atoms with Gasteiger partial charge in [0, 0.05) is 18.4 Å². The summed E-state index contributed by atoms with van der Waals surface area (Å²) in [5.74, 6) is 1.91. The highest BCUT2D eigenvalue weighted by Crippen LogP contribution is 2.34. The monoisotopic (exact) mass is 246 g/mol. The summed E-state index contributed by atoms with van der Waals surface area (Å²) in [6.07, 6.45) is 3.38. The Kier molecular flexibility index (Phi) is 4.06. The molecule has 1 unspecified atom stereocenters. The summed E-state index contributed by atoms with van der Waals surface area (Å²) in [5, 5.41) is 0. The van der Waals surface area contributed by atoms with Crippen LogP contribution in [0.1, 0.15) is 62.8 Å². The van der Waals surface area contributed by atoms with Crippen molar-refractivity contribution in [3.8, 4) is 0 Å². The Morgan fingerprint density at radius 2 is 2.00 bits per heavy atom. The highest BCUT2D eigenvalue weighted by molar-refractivity contribution is 5.32. The normalized spacial score (nSPS) is 21.2. The third-order valence-corrected chi connectivity index (χ3v) is 4.10. The molecule has 0 spiro atoms. The lowest BCUT2D eigenvalue weighted by molar-refractivity contribution is 0.314. The van der Waals surface area contributed by atoms with Gasteiger partial charge in [-0.2, -0.15) is 0 Å². The Morgan fingerprint density at radius 3 is 2.61 bits per heavy atom. The largest absolute Gasteiger partial charge is 0.302 e. The standard InChI is InChI=1S/C16H26N2/c1-11(2)14-6-7-18(5)10-13-9-17-16(12(3)4)8-15(13)14/h8-9,11-12,14H,6-7,10H2,1-5H3. The van der Waals surface area contributed by atoms with E-state index in [9.17, 15) is 0 Å². The molecule has 18 heavy (non-hydrogen) atoms. The van der Waals surface area contributed by atoms with Gasteiger partial charge in [-0.05, 0) is 55.0 Å². The Morgan fingerprint density at radius 1 is 1.28 bits per heavy atom. The Labute approximate surface area is 111 Å². The minimum absolute atomic E-state index is 0.518. The predicted octanol–water partition coefficient (Wildman–Crippen LogP) is 3.78. The van der Waals surface area contributed by atoms with Crippen LogP contribution in [0.25, 0.3) is 0 Å². The number of aromatic nitrogens is 1. The van der Waals surface area contributed by atoms with Crippen molar-refractivity contribution in [3.05, 3.63) is 29.1 Å². The lowest BCUT2D eigenvalue weighted by atomic mass is 9.84. The van der Waals surface area contributed by atoms with Crippen LogP contribution in [0.2, 0.25) is 0 Å². The average molecular weight is 246 g/mol. The van der Waals surface area contributed by atoms with E-state index in [0.29, 0.717) is 17.8 Å². The van der Waals surface area contributed by atoms with E-state index >= 15 is 0 Å². The van der Waals surface area contributed by atoms with E-state index in [1.807, 2.05) is 0 Å². The molecule has 0 radical (unpaired) electrons. The smallest absolute Gasteiger partial charge is 0.0432 e. The summed E-state index contributed by atoms with van der Waals surface area (Å²) < 4.78 is 0. The molecule has 0 aromatic carbocycles. The van der Waals surface area contributed by atoms with Crippen LogP contribution >= 0.6 is 0 Å². The highest BCUT2D eigenvalue weighted by atomic mass is 15.1. The molecular weight excluding hydrogens is 220 g/mol. The first kappa shape index (κ1) is 13.5. The van der Waals surface area contributed by atoms with Crippen LogP contribution in [0.3, 0.4) is 0 Å². The zero-order valence-electron chi connectivity index (χ0n) is 12.4. The van der Waals surface area contributed by atoms with Crippen LogP contribution in [0, 0.1) is 5.92 Å². The van der Waals surface area contributed by atoms with E-state index in [2.05, 4.69) is 56.9 Å². The van der Waals surface area contributed by atoms with Gasteiger partial charge >= 0.3 is 0 Å². The van der Waals surface area contributed by atoms with Gasteiger partial charge in [-0.1, -0.05) is 27.7 Å². The first-order valence-corrected chi connectivity index (χ1v) is 7.16. The third kappa shape index (κ3) is 2.74. The van der Waals surface area contributed by atoms with Crippen LogP contribution in [0.5, 0.6) is 0 Å². The summed E-state index contributed by atoms with van der Waals surface area (Å²) in [4.78, 5) is 7.05. The van der Waals surface area contributed by atoms with E-state index in [4.69, 9.17) is 0 Å². The van der Waals surface area contributed by atoms with Gasteiger partial charge in [0.2, 0.25) is 0 Å². The average Bonchev–Trinajstić information content (AvgIpc) is 2.46. The second kappa shape index (κ2) is 5.40. The van der Waals surface area contributed by atoms with Crippen molar-refractivity contribution < 1.29 is 0 Å². The maximum absolute atomic E-state index is 4.63. The molecule has 0 saturated heterocycles. The molecule has 0 bridgehead atoms. The van der Waals surface area contributed by atoms with Gasteiger partial charge in [-0.25, -0.2) is 0 Å². The molecule has 1 atom stereocenters. The van der Waals surface area contributed by atoms with Crippen molar-refractivity contribution in [2.75, 3.05) is 13.6 Å². The van der Waals surface area contributed by atoms with Crippen molar-refractivity contribution in [1.82, 2.24) is 9.88 Å². The fraction of sp³-hybridized carbons (Fsp3) is 0.688. The number of fused-ring (bicyclic) bond motifs is 1. The van der Waals surface area contributed by atoms with Crippen LogP contribution in [0.15, 0.2) is 12.3 Å². The molecular formula is C16H26N2. The molecule has 1 aliphatic heterocycles. The summed E-state index contributed by atoms with van der Waals surface area (Å²) >= 11 is 0. The van der Waals surface area contributed by atoms with E-state index in [-0.39, 0.29) is 0 Å². The maximum Gasteiger partial charge on any atom is 0.0432 e. The minimum atomic E-state index is 0.518. The molecule has 0 N–H and O–H groups in total. The lowest BCUT2D eigenvalue weighted by Gasteiger charge is -2.22. The number of pyridine rings is 1. The summed E-state index contributed by atoms with van der Waals surface area (Å²) in [6, 6.07) is 2.36. The van der Waals surface area contributed by atoms with Crippen molar-refractivity contribution in [2.24, 2.45) is 5.92 Å². The van der Waals surface area contributed by atoms with Gasteiger partial charge < -0.3 is 4.90 Å². The van der Waals surface area contributed by atoms with Crippen LogP contribution < -0.4 is 0 Å². The van der Waals surface area contributed by atoms with Gasteiger partial charge in [0.15, 0.2) is 0 Å². The van der Waals surface area contributed by atoms with Crippen LogP contribution in [-0.4, -0.2) is 23.5 Å². The van der Waals surface area contributed by atoms with E-state index < -0.39 is 0 Å². The van der Waals surface area contributed by atoms with Crippen molar-refractivity contribution in [1.29, 1.82) is 0 Å². The summed E-state index contributed by atoms with van der Waals surface area (Å²) in [7, 11) is 2.21. The quantitative estimate of drug-likeness (QED) is 0.789. The highest BCUT2D eigenvalue weighted by Gasteiger charge is 2.24. The van der Waals surface area contributed by atoms with Gasteiger partial charge in [0.05, 0.1) is 0 Å². The minimum Gasteiger partial charge on any atom is -0.302 e. The zero-order valence-corrected chi connectivity index (χ0v) is 12.4.